The highest BCUT2D eigenvalue weighted by Gasteiger charge is 2.27. The number of Topliss-reactive ketones (excluding diaryl/α,β-unsaturated/α-hetero) is 4. The van der Waals surface area contributed by atoms with Crippen LogP contribution in [0.3, 0.4) is 0 Å². The molecule has 0 spiro atoms. The minimum Gasteiger partial charge on any atom is -0.299 e. The van der Waals surface area contributed by atoms with E-state index in [1.165, 1.54) is 90.4 Å². The fourth-order valence-corrected chi connectivity index (χ4v) is 5.42. The number of hydrogen-bond donors (Lipinski definition) is 0. The van der Waals surface area contributed by atoms with Crippen molar-refractivity contribution in [2.24, 2.45) is 11.8 Å². The Bertz CT molecular complexity index is 624. The lowest BCUT2D eigenvalue weighted by atomic mass is 9.82. The average molecular weight is 535 g/mol. The maximum absolute atomic E-state index is 13.0. The van der Waals surface area contributed by atoms with Gasteiger partial charge in [0.1, 0.15) is 23.1 Å². The second-order valence-electron chi connectivity index (χ2n) is 11.8. The minimum atomic E-state index is -0.595. The third-order valence-electron chi connectivity index (χ3n) is 7.98. The first kappa shape index (κ1) is 36.7. The van der Waals surface area contributed by atoms with Gasteiger partial charge in [0.15, 0.2) is 0 Å². The van der Waals surface area contributed by atoms with Gasteiger partial charge in [0.25, 0.3) is 0 Å². The molecule has 0 aromatic heterocycles. The average Bonchev–Trinajstić information content (AvgIpc) is 2.88. The second-order valence-corrected chi connectivity index (χ2v) is 11.8. The van der Waals surface area contributed by atoms with Crippen molar-refractivity contribution in [1.82, 2.24) is 0 Å². The van der Waals surface area contributed by atoms with E-state index in [1.54, 1.807) is 0 Å². The van der Waals surface area contributed by atoms with E-state index in [-0.39, 0.29) is 42.4 Å². The number of hydrogen-bond acceptors (Lipinski definition) is 4. The highest BCUT2D eigenvalue weighted by molar-refractivity contribution is 6.04. The number of unbranched alkanes of at least 4 members (excludes halogenated alkanes) is 14. The van der Waals surface area contributed by atoms with E-state index in [0.29, 0.717) is 18.8 Å². The lowest BCUT2D eigenvalue weighted by Crippen LogP contribution is -2.26. The highest BCUT2D eigenvalue weighted by atomic mass is 16.2. The van der Waals surface area contributed by atoms with Crippen LogP contribution in [0.15, 0.2) is 0 Å². The predicted octanol–water partition coefficient (Wildman–Crippen LogP) is 9.94. The van der Waals surface area contributed by atoms with Crippen LogP contribution < -0.4 is 0 Å². The normalized spacial score (nSPS) is 12.8. The fraction of sp³-hybridized carbons (Fsp3) is 0.882. The zero-order valence-electron chi connectivity index (χ0n) is 25.8. The summed E-state index contributed by atoms with van der Waals surface area (Å²) in [6.45, 7) is 8.17. The third-order valence-corrected chi connectivity index (χ3v) is 7.98. The van der Waals surface area contributed by atoms with Crippen LogP contribution in [0, 0.1) is 11.8 Å². The number of carbonyl (C=O) groups is 4. The molecule has 2 atom stereocenters. The van der Waals surface area contributed by atoms with E-state index in [9.17, 15) is 19.2 Å². The Hall–Kier alpha value is -1.32. The molecule has 0 bridgehead atoms. The molecule has 4 heteroatoms. The Morgan fingerprint density at radius 2 is 0.921 bits per heavy atom. The Kier molecular flexibility index (Phi) is 25.0. The van der Waals surface area contributed by atoms with Crippen molar-refractivity contribution in [3.8, 4) is 0 Å². The van der Waals surface area contributed by atoms with Crippen LogP contribution in [0.5, 0.6) is 0 Å². The van der Waals surface area contributed by atoms with E-state index in [0.717, 1.165) is 38.5 Å². The van der Waals surface area contributed by atoms with Gasteiger partial charge < -0.3 is 0 Å². The number of carbonyl (C=O) groups excluding carboxylic acids is 4. The maximum atomic E-state index is 13.0. The van der Waals surface area contributed by atoms with Gasteiger partial charge in [-0.25, -0.2) is 0 Å². The van der Waals surface area contributed by atoms with Crippen LogP contribution in [0.25, 0.3) is 0 Å². The van der Waals surface area contributed by atoms with Crippen molar-refractivity contribution < 1.29 is 19.2 Å². The molecule has 38 heavy (non-hydrogen) atoms. The zero-order valence-corrected chi connectivity index (χ0v) is 25.8. The van der Waals surface area contributed by atoms with Crippen LogP contribution in [0.2, 0.25) is 0 Å². The van der Waals surface area contributed by atoms with Crippen LogP contribution in [0.1, 0.15) is 182 Å². The second kappa shape index (κ2) is 25.9. The SMILES string of the molecule is CCCCCCCCCC(=O)CC(=O)CCC(=O)C(CC(CCCCCC)CCCCCCCC)C(C)=O. The molecular formula is C34H62O4. The van der Waals surface area contributed by atoms with E-state index in [4.69, 9.17) is 0 Å². The molecular weight excluding hydrogens is 472 g/mol. The van der Waals surface area contributed by atoms with Crippen LogP contribution in [-0.2, 0) is 19.2 Å². The molecule has 0 aliphatic carbocycles. The van der Waals surface area contributed by atoms with Gasteiger partial charge in [-0.2, -0.15) is 0 Å². The molecule has 0 aliphatic rings. The zero-order chi connectivity index (χ0) is 28.4. The van der Waals surface area contributed by atoms with Gasteiger partial charge in [-0.15, -0.1) is 0 Å². The summed E-state index contributed by atoms with van der Waals surface area (Å²) in [5.41, 5.74) is 0. The van der Waals surface area contributed by atoms with Gasteiger partial charge in [0.2, 0.25) is 0 Å². The molecule has 0 aromatic rings. The molecule has 0 rings (SSSR count). The molecule has 4 nitrogen and oxygen atoms in total. The summed E-state index contributed by atoms with van der Waals surface area (Å²) in [6.07, 6.45) is 23.7. The van der Waals surface area contributed by atoms with Gasteiger partial charge in [-0.3, -0.25) is 19.2 Å². The van der Waals surface area contributed by atoms with Crippen molar-refractivity contribution >= 4 is 23.1 Å². The highest BCUT2D eigenvalue weighted by Crippen LogP contribution is 2.27. The Balaban J connectivity index is 4.55. The van der Waals surface area contributed by atoms with E-state index in [1.807, 2.05) is 0 Å². The van der Waals surface area contributed by atoms with E-state index < -0.39 is 5.92 Å². The van der Waals surface area contributed by atoms with Crippen molar-refractivity contribution in [3.63, 3.8) is 0 Å². The summed E-state index contributed by atoms with van der Waals surface area (Å²) in [7, 11) is 0. The summed E-state index contributed by atoms with van der Waals surface area (Å²) >= 11 is 0. The van der Waals surface area contributed by atoms with Gasteiger partial charge in [0.05, 0.1) is 12.3 Å². The molecule has 0 saturated heterocycles. The Labute approximate surface area is 235 Å². The van der Waals surface area contributed by atoms with Gasteiger partial charge in [-0.05, 0) is 25.7 Å². The number of ketones is 4. The summed E-state index contributed by atoms with van der Waals surface area (Å²) < 4.78 is 0. The lowest BCUT2D eigenvalue weighted by molar-refractivity contribution is -0.135. The summed E-state index contributed by atoms with van der Waals surface area (Å²) in [5.74, 6) is -0.537. The molecule has 222 valence electrons. The van der Waals surface area contributed by atoms with Gasteiger partial charge in [-0.1, -0.05) is 136 Å². The Morgan fingerprint density at radius 3 is 1.42 bits per heavy atom. The minimum absolute atomic E-state index is 0.00907. The first-order valence-corrected chi connectivity index (χ1v) is 16.4. The molecule has 0 saturated carbocycles. The quantitative estimate of drug-likeness (QED) is 0.0707. The maximum Gasteiger partial charge on any atom is 0.143 e. The van der Waals surface area contributed by atoms with E-state index >= 15 is 0 Å². The molecule has 0 aliphatic heterocycles. The molecule has 0 aromatic carbocycles. The molecule has 0 amide bonds. The molecule has 0 heterocycles. The third kappa shape index (κ3) is 21.6. The molecule has 0 radical (unpaired) electrons. The first-order valence-electron chi connectivity index (χ1n) is 16.4. The van der Waals surface area contributed by atoms with Crippen molar-refractivity contribution in [3.05, 3.63) is 0 Å². The molecule has 2 unspecified atom stereocenters. The fourth-order valence-electron chi connectivity index (χ4n) is 5.42. The number of rotatable bonds is 29. The van der Waals surface area contributed by atoms with Crippen molar-refractivity contribution in [1.29, 1.82) is 0 Å². The van der Waals surface area contributed by atoms with Crippen molar-refractivity contribution in [2.45, 2.75) is 182 Å². The monoisotopic (exact) mass is 534 g/mol. The van der Waals surface area contributed by atoms with Gasteiger partial charge >= 0.3 is 0 Å². The van der Waals surface area contributed by atoms with Gasteiger partial charge in [0, 0.05) is 19.3 Å². The van der Waals surface area contributed by atoms with Crippen LogP contribution in [-0.4, -0.2) is 23.1 Å². The predicted molar refractivity (Wildman–Crippen MR) is 161 cm³/mol. The van der Waals surface area contributed by atoms with Crippen LogP contribution in [0.4, 0.5) is 0 Å². The topological polar surface area (TPSA) is 68.3 Å². The van der Waals surface area contributed by atoms with E-state index in [2.05, 4.69) is 20.8 Å². The molecule has 0 N–H and O–H groups in total. The largest absolute Gasteiger partial charge is 0.299 e. The summed E-state index contributed by atoms with van der Waals surface area (Å²) in [5, 5.41) is 0. The lowest BCUT2D eigenvalue weighted by Gasteiger charge is -2.22. The van der Waals surface area contributed by atoms with Crippen LogP contribution >= 0.6 is 0 Å². The summed E-state index contributed by atoms with van der Waals surface area (Å²) in [6, 6.07) is 0. The summed E-state index contributed by atoms with van der Waals surface area (Å²) in [4.78, 5) is 50.0. The first-order chi connectivity index (χ1) is 18.3. The standard InChI is InChI=1S/C34H62O4/c1-5-8-11-14-16-18-21-24-31(36)28-32(37)25-26-34(38)33(29(4)35)27-30(22-19-13-10-7-3)23-20-17-15-12-9-6-2/h30,33H,5-28H2,1-4H3. The Morgan fingerprint density at radius 1 is 0.500 bits per heavy atom. The smallest absolute Gasteiger partial charge is 0.143 e. The van der Waals surface area contributed by atoms with Crippen molar-refractivity contribution in [2.75, 3.05) is 0 Å². The molecule has 0 fully saturated rings.